The third kappa shape index (κ3) is 4.90. The number of amides is 3. The van der Waals surface area contributed by atoms with E-state index in [1.807, 2.05) is 44.8 Å². The van der Waals surface area contributed by atoms with Crippen LogP contribution in [0.2, 0.25) is 0 Å². The van der Waals surface area contributed by atoms with Gasteiger partial charge < -0.3 is 15.1 Å². The van der Waals surface area contributed by atoms with Crippen LogP contribution in [-0.4, -0.2) is 59.7 Å². The molecule has 7 heteroatoms. The Kier molecular flexibility index (Phi) is 6.47. The first-order valence-electron chi connectivity index (χ1n) is 10.5. The number of carbonyl (C=O) groups is 3. The molecule has 2 aliphatic heterocycles. The van der Waals surface area contributed by atoms with Gasteiger partial charge in [-0.1, -0.05) is 30.3 Å². The molecule has 0 saturated carbocycles. The van der Waals surface area contributed by atoms with Gasteiger partial charge in [-0.2, -0.15) is 11.3 Å². The molecule has 1 atom stereocenters. The van der Waals surface area contributed by atoms with Gasteiger partial charge in [0.2, 0.25) is 11.8 Å². The second-order valence-corrected chi connectivity index (χ2v) is 8.84. The molecule has 158 valence electrons. The average Bonchev–Trinajstić information content (AvgIpc) is 3.43. The number of thiophene rings is 1. The third-order valence-corrected chi connectivity index (χ3v) is 6.69. The monoisotopic (exact) mass is 425 g/mol. The molecule has 0 spiro atoms. The van der Waals surface area contributed by atoms with Gasteiger partial charge in [0, 0.05) is 49.6 Å². The third-order valence-electron chi connectivity index (χ3n) is 6.00. The van der Waals surface area contributed by atoms with Crippen LogP contribution in [0.3, 0.4) is 0 Å². The van der Waals surface area contributed by atoms with Crippen molar-refractivity contribution in [1.82, 2.24) is 15.1 Å². The molecule has 4 rings (SSSR count). The molecule has 1 N–H and O–H groups in total. The van der Waals surface area contributed by atoms with Crippen LogP contribution in [0, 0.1) is 5.92 Å². The first-order chi connectivity index (χ1) is 14.6. The van der Waals surface area contributed by atoms with Gasteiger partial charge >= 0.3 is 0 Å². The van der Waals surface area contributed by atoms with Crippen molar-refractivity contribution in [3.63, 3.8) is 0 Å². The van der Waals surface area contributed by atoms with E-state index in [0.29, 0.717) is 38.2 Å². The lowest BCUT2D eigenvalue weighted by molar-refractivity contribution is -0.136. The maximum absolute atomic E-state index is 12.9. The Balaban J connectivity index is 1.23. The molecule has 0 bridgehead atoms. The van der Waals surface area contributed by atoms with Gasteiger partial charge in [0.25, 0.3) is 5.91 Å². The number of hydrogen-bond acceptors (Lipinski definition) is 4. The fourth-order valence-corrected chi connectivity index (χ4v) is 4.86. The summed E-state index contributed by atoms with van der Waals surface area (Å²) in [6, 6.07) is 12.0. The number of nitrogens with one attached hydrogen (secondary N) is 1. The zero-order valence-electron chi connectivity index (χ0n) is 17.0. The molecular weight excluding hydrogens is 398 g/mol. The summed E-state index contributed by atoms with van der Waals surface area (Å²) in [6.45, 7) is 2.42. The normalized spacial score (nSPS) is 19.9. The minimum atomic E-state index is -0.245. The zero-order chi connectivity index (χ0) is 20.9. The van der Waals surface area contributed by atoms with Crippen LogP contribution >= 0.6 is 11.3 Å². The SMILES string of the molecule is O=C(NC1CCN(C(=O)C2CC(=O)N(CCc3ccccc3)C2)CC1)c1ccsc1. The Hall–Kier alpha value is -2.67. The number of nitrogens with zero attached hydrogens (tertiary/aromatic N) is 2. The number of benzene rings is 1. The van der Waals surface area contributed by atoms with E-state index in [4.69, 9.17) is 0 Å². The van der Waals surface area contributed by atoms with Crippen LogP contribution in [-0.2, 0) is 16.0 Å². The first kappa shape index (κ1) is 20.6. The van der Waals surface area contributed by atoms with Gasteiger partial charge in [0.05, 0.1) is 5.92 Å². The molecule has 1 unspecified atom stereocenters. The van der Waals surface area contributed by atoms with Crippen LogP contribution in [0.4, 0.5) is 0 Å². The number of rotatable bonds is 6. The van der Waals surface area contributed by atoms with E-state index in [2.05, 4.69) is 17.4 Å². The fourth-order valence-electron chi connectivity index (χ4n) is 4.23. The second kappa shape index (κ2) is 9.43. The van der Waals surface area contributed by atoms with Gasteiger partial charge in [-0.05, 0) is 36.3 Å². The Labute approximate surface area is 180 Å². The van der Waals surface area contributed by atoms with E-state index < -0.39 is 0 Å². The maximum atomic E-state index is 12.9. The highest BCUT2D eigenvalue weighted by molar-refractivity contribution is 7.08. The minimum absolute atomic E-state index is 0.0449. The van der Waals surface area contributed by atoms with E-state index in [1.165, 1.54) is 16.9 Å². The highest BCUT2D eigenvalue weighted by atomic mass is 32.1. The van der Waals surface area contributed by atoms with Crippen molar-refractivity contribution < 1.29 is 14.4 Å². The summed E-state index contributed by atoms with van der Waals surface area (Å²) < 4.78 is 0. The van der Waals surface area contributed by atoms with Crippen molar-refractivity contribution in [3.8, 4) is 0 Å². The van der Waals surface area contributed by atoms with Crippen molar-refractivity contribution in [3.05, 3.63) is 58.3 Å². The van der Waals surface area contributed by atoms with E-state index in [9.17, 15) is 14.4 Å². The number of likely N-dealkylation sites (tertiary alicyclic amines) is 2. The summed E-state index contributed by atoms with van der Waals surface area (Å²) in [6.07, 6.45) is 2.62. The van der Waals surface area contributed by atoms with E-state index in [0.717, 1.165) is 19.3 Å². The summed E-state index contributed by atoms with van der Waals surface area (Å²) in [5.41, 5.74) is 1.89. The Morgan fingerprint density at radius 2 is 1.87 bits per heavy atom. The number of hydrogen-bond donors (Lipinski definition) is 1. The summed E-state index contributed by atoms with van der Waals surface area (Å²) in [5.74, 6) is -0.142. The summed E-state index contributed by atoms with van der Waals surface area (Å²) >= 11 is 1.51. The quantitative estimate of drug-likeness (QED) is 0.773. The number of piperidine rings is 1. The van der Waals surface area contributed by atoms with E-state index in [-0.39, 0.29) is 29.7 Å². The zero-order valence-corrected chi connectivity index (χ0v) is 17.8. The maximum Gasteiger partial charge on any atom is 0.252 e. The molecule has 3 amide bonds. The fraction of sp³-hybridized carbons (Fsp3) is 0.435. The Morgan fingerprint density at radius 1 is 1.10 bits per heavy atom. The van der Waals surface area contributed by atoms with E-state index >= 15 is 0 Å². The molecule has 2 saturated heterocycles. The minimum Gasteiger partial charge on any atom is -0.349 e. The first-order valence-corrected chi connectivity index (χ1v) is 11.5. The Bertz CT molecular complexity index is 876. The molecule has 6 nitrogen and oxygen atoms in total. The lowest BCUT2D eigenvalue weighted by Crippen LogP contribution is -2.48. The molecule has 3 heterocycles. The van der Waals surface area contributed by atoms with Crippen LogP contribution < -0.4 is 5.32 Å². The van der Waals surface area contributed by atoms with Gasteiger partial charge in [-0.3, -0.25) is 14.4 Å². The van der Waals surface area contributed by atoms with Crippen molar-refractivity contribution in [2.75, 3.05) is 26.2 Å². The van der Waals surface area contributed by atoms with Gasteiger partial charge in [0.15, 0.2) is 0 Å². The van der Waals surface area contributed by atoms with Crippen molar-refractivity contribution in [2.24, 2.45) is 5.92 Å². The van der Waals surface area contributed by atoms with Crippen LogP contribution in [0.5, 0.6) is 0 Å². The molecule has 1 aromatic heterocycles. The molecule has 0 radical (unpaired) electrons. The average molecular weight is 426 g/mol. The lowest BCUT2D eigenvalue weighted by Gasteiger charge is -2.33. The topological polar surface area (TPSA) is 69.7 Å². The summed E-state index contributed by atoms with van der Waals surface area (Å²) in [5, 5.41) is 6.80. The standard InChI is InChI=1S/C23H27N3O3S/c27-21-14-19(15-26(21)10-6-17-4-2-1-3-5-17)23(29)25-11-7-20(8-12-25)24-22(28)18-9-13-30-16-18/h1-5,9,13,16,19-20H,6-8,10-12,14-15H2,(H,24,28). The second-order valence-electron chi connectivity index (χ2n) is 8.06. The summed E-state index contributed by atoms with van der Waals surface area (Å²) in [4.78, 5) is 41.2. The molecule has 30 heavy (non-hydrogen) atoms. The van der Waals surface area contributed by atoms with Gasteiger partial charge in [-0.25, -0.2) is 0 Å². The smallest absolute Gasteiger partial charge is 0.252 e. The Morgan fingerprint density at radius 3 is 2.57 bits per heavy atom. The number of carbonyl (C=O) groups excluding carboxylic acids is 3. The van der Waals surface area contributed by atoms with Gasteiger partial charge in [0.1, 0.15) is 0 Å². The largest absolute Gasteiger partial charge is 0.349 e. The van der Waals surface area contributed by atoms with Crippen LogP contribution in [0.15, 0.2) is 47.2 Å². The van der Waals surface area contributed by atoms with Crippen molar-refractivity contribution in [2.45, 2.75) is 31.7 Å². The lowest BCUT2D eigenvalue weighted by atomic mass is 10.0. The molecule has 2 aromatic rings. The van der Waals surface area contributed by atoms with Crippen molar-refractivity contribution >= 4 is 29.1 Å². The van der Waals surface area contributed by atoms with Crippen LogP contribution in [0.25, 0.3) is 0 Å². The molecular formula is C23H27N3O3S. The van der Waals surface area contributed by atoms with E-state index in [1.54, 1.807) is 0 Å². The molecule has 2 fully saturated rings. The summed E-state index contributed by atoms with van der Waals surface area (Å²) in [7, 11) is 0. The highest BCUT2D eigenvalue weighted by Gasteiger charge is 2.37. The molecule has 1 aromatic carbocycles. The van der Waals surface area contributed by atoms with Gasteiger partial charge in [-0.15, -0.1) is 0 Å². The van der Waals surface area contributed by atoms with Crippen molar-refractivity contribution in [1.29, 1.82) is 0 Å². The van der Waals surface area contributed by atoms with Crippen LogP contribution in [0.1, 0.15) is 35.2 Å². The predicted octanol–water partition coefficient (Wildman–Crippen LogP) is 2.56. The predicted molar refractivity (Wildman–Crippen MR) is 116 cm³/mol. The highest BCUT2D eigenvalue weighted by Crippen LogP contribution is 2.23. The molecule has 0 aliphatic carbocycles. The molecule has 2 aliphatic rings.